The Morgan fingerprint density at radius 1 is 0.562 bits per heavy atom. The molecule has 4 rings (SSSR count). The number of carbonyl (C=O) groups is 3. The van der Waals surface area contributed by atoms with Gasteiger partial charge in [-0.3, -0.25) is 27.6 Å². The molecule has 0 aromatic carbocycles. The third-order valence-electron chi connectivity index (χ3n) is 10.8. The van der Waals surface area contributed by atoms with Crippen LogP contribution in [0, 0.1) is 0 Å². The molecule has 4 aliphatic rings. The Kier molecular flexibility index (Phi) is 26.1. The van der Waals surface area contributed by atoms with Crippen LogP contribution in [0.15, 0.2) is 0 Å². The Bertz CT molecular complexity index is 2630. The highest BCUT2D eigenvalue weighted by Crippen LogP contribution is 2.37. The first-order chi connectivity index (χ1) is 36.5. The second-order valence-corrected chi connectivity index (χ2v) is 22.5. The fraction of sp³-hybridized carbons (Fsp3) is 0.909. The minimum absolute atomic E-state index is 0.110. The summed E-state index contributed by atoms with van der Waals surface area (Å²) in [6, 6.07) is -4.96. The number of aliphatic hydroxyl groups excluding tert-OH is 7. The maximum Gasteiger partial charge on any atom is 0.397 e. The average molecular weight is 1280 g/mol. The van der Waals surface area contributed by atoms with Crippen LogP contribution in [-0.2, 0) is 126 Å². The van der Waals surface area contributed by atoms with Crippen molar-refractivity contribution in [2.45, 2.75) is 156 Å². The SMILES string of the molecule is CC(=O)N[C@@H]1[C@@H](O)[C@H](O[C@@H]2O[C@H](C(=O)O)[C@@H](O[C@@H]3O[C@H](CO)[C@@H](O[C@H]4O[C@@H](C(=O)O)[C@H](O)[C@@H](O)[C@@H]4OS(=O)(=O)O)[C@H](OS(=O)(=O)O)[C@H]3NS(=O)(=O)O)[C@H](O)[C@H]2OS(=O)(=O)O)[C@H](COS(=O)(=O)O)O[C@H]1O.COC(C)COCC(C)O. The Hall–Kier alpha value is -2.88. The molecule has 2 unspecified atom stereocenters. The molecule has 80 heavy (non-hydrogen) atoms. The van der Waals surface area contributed by atoms with Gasteiger partial charge in [-0.2, -0.15) is 46.8 Å². The maximum atomic E-state index is 12.7. The number of ether oxygens (including phenoxy) is 9. The Morgan fingerprint density at radius 3 is 1.50 bits per heavy atom. The van der Waals surface area contributed by atoms with E-state index in [4.69, 9.17) is 52.3 Å². The van der Waals surface area contributed by atoms with Crippen molar-refractivity contribution >= 4 is 69.7 Å². The third-order valence-corrected chi connectivity index (χ3v) is 13.2. The largest absolute Gasteiger partial charge is 0.479 e. The molecule has 470 valence electrons. The zero-order valence-electron chi connectivity index (χ0n) is 40.9. The van der Waals surface area contributed by atoms with E-state index in [2.05, 4.69) is 16.7 Å². The monoisotopic (exact) mass is 1280 g/mol. The van der Waals surface area contributed by atoms with E-state index in [1.807, 2.05) is 12.2 Å². The molecule has 16 N–H and O–H groups in total. The minimum Gasteiger partial charge on any atom is -0.479 e. The molecule has 4 fully saturated rings. The fourth-order valence-corrected chi connectivity index (χ4v) is 9.90. The van der Waals surface area contributed by atoms with Crippen LogP contribution >= 0.6 is 0 Å². The highest BCUT2D eigenvalue weighted by molar-refractivity contribution is 7.83. The van der Waals surface area contributed by atoms with Gasteiger partial charge in [-0.1, -0.05) is 0 Å². The van der Waals surface area contributed by atoms with Crippen LogP contribution in [0.3, 0.4) is 0 Å². The van der Waals surface area contributed by atoms with Crippen molar-refractivity contribution in [2.75, 3.05) is 33.5 Å². The Morgan fingerprint density at radius 2 is 1.05 bits per heavy atom. The average Bonchev–Trinajstić information content (AvgIpc) is 3.29. The Labute approximate surface area is 452 Å². The lowest BCUT2D eigenvalue weighted by atomic mass is 9.94. The molecule has 0 aromatic heterocycles. The number of hydrogen-bond donors (Lipinski definition) is 16. The molecule has 4 saturated heterocycles. The van der Waals surface area contributed by atoms with Crippen LogP contribution in [0.4, 0.5) is 0 Å². The topological polar surface area (TPSA) is 649 Å². The van der Waals surface area contributed by atoms with Crippen molar-refractivity contribution in [2.24, 2.45) is 0 Å². The highest BCUT2D eigenvalue weighted by Gasteiger charge is 2.60. The maximum absolute atomic E-state index is 12.7. The van der Waals surface area contributed by atoms with E-state index in [9.17, 15) is 116 Å². The molecule has 0 saturated carbocycles. The van der Waals surface area contributed by atoms with Crippen LogP contribution in [-0.4, -0.2) is 297 Å². The molecule has 0 bridgehead atoms. The fourth-order valence-electron chi connectivity index (χ4n) is 7.52. The van der Waals surface area contributed by atoms with Gasteiger partial charge in [0.05, 0.1) is 38.6 Å². The molecule has 0 radical (unpaired) electrons. The van der Waals surface area contributed by atoms with Gasteiger partial charge < -0.3 is 93.9 Å². The number of hydrogen-bond acceptors (Lipinski definition) is 33. The van der Waals surface area contributed by atoms with Crippen LogP contribution < -0.4 is 10.0 Å². The zero-order chi connectivity index (χ0) is 61.4. The summed E-state index contributed by atoms with van der Waals surface area (Å²) in [6.45, 7) is 2.30. The molecule has 0 spiro atoms. The zero-order valence-corrected chi connectivity index (χ0v) is 45.0. The van der Waals surface area contributed by atoms with Crippen molar-refractivity contribution in [3.8, 4) is 0 Å². The van der Waals surface area contributed by atoms with Crippen molar-refractivity contribution < 1.29 is 185 Å². The lowest BCUT2D eigenvalue weighted by Crippen LogP contribution is -2.71. The summed E-state index contributed by atoms with van der Waals surface area (Å²) >= 11 is 0. The summed E-state index contributed by atoms with van der Waals surface area (Å²) in [4.78, 5) is 36.4. The molecule has 42 nitrogen and oxygen atoms in total. The van der Waals surface area contributed by atoms with Gasteiger partial charge in [0.2, 0.25) is 5.91 Å². The molecular formula is C33H58N2O40S5. The number of rotatable bonds is 26. The number of amides is 1. The van der Waals surface area contributed by atoms with E-state index in [0.717, 1.165) is 6.92 Å². The number of carbonyl (C=O) groups excluding carboxylic acids is 1. The number of aliphatic hydroxyl groups is 7. The van der Waals surface area contributed by atoms with Gasteiger partial charge in [-0.05, 0) is 13.8 Å². The molecule has 4 aliphatic heterocycles. The second-order valence-electron chi connectivity index (χ2n) is 17.0. The molecular weight excluding hydrogens is 1220 g/mol. The second kappa shape index (κ2) is 29.3. The van der Waals surface area contributed by atoms with Crippen molar-refractivity contribution in [1.82, 2.24) is 10.0 Å². The molecule has 22 atom stereocenters. The van der Waals surface area contributed by atoms with Crippen LogP contribution in [0.2, 0.25) is 0 Å². The van der Waals surface area contributed by atoms with Crippen molar-refractivity contribution in [3.63, 3.8) is 0 Å². The predicted octanol–water partition coefficient (Wildman–Crippen LogP) is -10.3. The van der Waals surface area contributed by atoms with Gasteiger partial charge >= 0.3 is 63.8 Å². The quantitative estimate of drug-likeness (QED) is 0.0358. The summed E-state index contributed by atoms with van der Waals surface area (Å²) in [7, 11) is -27.5. The summed E-state index contributed by atoms with van der Waals surface area (Å²) in [6.07, 6.45) is -49.3. The van der Waals surface area contributed by atoms with E-state index in [-0.39, 0.29) is 12.2 Å². The van der Waals surface area contributed by atoms with Crippen molar-refractivity contribution in [3.05, 3.63) is 0 Å². The lowest BCUT2D eigenvalue weighted by Gasteiger charge is -2.50. The van der Waals surface area contributed by atoms with Gasteiger partial charge in [0, 0.05) is 14.0 Å². The number of aliphatic carboxylic acids is 2. The van der Waals surface area contributed by atoms with Crippen LogP contribution in [0.1, 0.15) is 20.8 Å². The van der Waals surface area contributed by atoms with E-state index >= 15 is 0 Å². The van der Waals surface area contributed by atoms with E-state index in [1.165, 1.54) is 4.72 Å². The van der Waals surface area contributed by atoms with E-state index in [0.29, 0.717) is 13.2 Å². The Balaban J connectivity index is 0.00000152. The number of methoxy groups -OCH3 is 1. The molecule has 0 aromatic rings. The van der Waals surface area contributed by atoms with Crippen LogP contribution in [0.5, 0.6) is 0 Å². The summed E-state index contributed by atoms with van der Waals surface area (Å²) < 4.78 is 232. The molecule has 1 amide bonds. The van der Waals surface area contributed by atoms with E-state index in [1.54, 1.807) is 14.0 Å². The summed E-state index contributed by atoms with van der Waals surface area (Å²) in [5.74, 6) is -5.49. The first kappa shape index (κ1) is 71.4. The predicted molar refractivity (Wildman–Crippen MR) is 240 cm³/mol. The standard InChI is InChI=1S/C26H42N2O37S5.C7H16O3/c1-4(30)27-7-9(31)13(6(56-23(7)39)3-55-67(43,44)45)58-26-19(65-70(52,53)54)12(34)16(20(62-26)22(37)38)60-24-8(28-66(40,41)42)15(63-68(46,47)48)14(5(2-29)57-24)59-25-18(64-69(49,50)51)11(33)10(32)17(61-25)21(35)36;1-6(8)4-10-5-7(2)9-3/h5-20,23-26,28-29,31-34,39H,2-3H2,1H3,(H,27,30)(H,35,36)(H,37,38)(H,40,41,42)(H,43,44,45)(H,46,47,48)(H,49,50,51)(H,52,53,54);6-8H,4-5H2,1-3H3/t5-,6+,7-,8-,9-,10-,11-,12+,13-,14-,15-,16+,17-,18+,19-,20+,23-,24+,25+,26-;/m1./s1. The molecule has 47 heteroatoms. The first-order valence-corrected chi connectivity index (χ1v) is 28.8. The van der Waals surface area contributed by atoms with Gasteiger partial charge in [0.25, 0.3) is 0 Å². The number of carboxylic acid groups (broad SMARTS) is 2. The summed E-state index contributed by atoms with van der Waals surface area (Å²) in [5, 5.41) is 94.8. The number of nitrogens with one attached hydrogen (secondary N) is 2. The smallest absolute Gasteiger partial charge is 0.397 e. The molecule has 4 heterocycles. The van der Waals surface area contributed by atoms with Gasteiger partial charge in [-0.25, -0.2) is 26.3 Å². The third kappa shape index (κ3) is 21.9. The lowest BCUT2D eigenvalue weighted by molar-refractivity contribution is -0.366. The van der Waals surface area contributed by atoms with Crippen LogP contribution in [0.25, 0.3) is 0 Å². The molecule has 0 aliphatic carbocycles. The highest BCUT2D eigenvalue weighted by atomic mass is 32.3. The van der Waals surface area contributed by atoms with E-state index < -0.39 is 206 Å². The van der Waals surface area contributed by atoms with Crippen molar-refractivity contribution in [1.29, 1.82) is 0 Å². The van der Waals surface area contributed by atoms with Gasteiger partial charge in [-0.15, -0.1) is 0 Å². The van der Waals surface area contributed by atoms with Gasteiger partial charge in [0.1, 0.15) is 73.1 Å². The minimum atomic E-state index is -6.09. The first-order valence-electron chi connectivity index (χ1n) is 21.9. The number of carboxylic acids is 2. The summed E-state index contributed by atoms with van der Waals surface area (Å²) in [5.41, 5.74) is 0. The normalized spacial score (nSPS) is 36.4. The van der Waals surface area contributed by atoms with Gasteiger partial charge in [0.15, 0.2) is 49.6 Å².